The number of aromatic amines is 1. The van der Waals surface area contributed by atoms with Crippen LogP contribution in [0.5, 0.6) is 0 Å². The third kappa shape index (κ3) is 2.58. The number of fused-ring (bicyclic) bond motifs is 1. The molecule has 4 nitrogen and oxygen atoms in total. The van der Waals surface area contributed by atoms with E-state index in [-0.39, 0.29) is 6.61 Å². The van der Waals surface area contributed by atoms with Crippen molar-refractivity contribution >= 4 is 0 Å². The molecule has 0 saturated heterocycles. The monoisotopic (exact) mass is 209 g/mol. The average molecular weight is 209 g/mol. The van der Waals surface area contributed by atoms with Crippen molar-refractivity contribution in [2.24, 2.45) is 0 Å². The van der Waals surface area contributed by atoms with Crippen LogP contribution in [0.15, 0.2) is 0 Å². The summed E-state index contributed by atoms with van der Waals surface area (Å²) in [7, 11) is 0. The van der Waals surface area contributed by atoms with Gasteiger partial charge in [-0.2, -0.15) is 5.10 Å². The number of hydrogen-bond donors (Lipinski definition) is 3. The molecule has 1 heterocycles. The Bertz CT molecular complexity index is 309. The first-order valence-electron chi connectivity index (χ1n) is 5.78. The van der Waals surface area contributed by atoms with Gasteiger partial charge in [-0.05, 0) is 31.2 Å². The smallest absolute Gasteiger partial charge is 0.0794 e. The normalized spacial score (nSPS) is 16.1. The van der Waals surface area contributed by atoms with Crippen LogP contribution in [0, 0.1) is 0 Å². The van der Waals surface area contributed by atoms with Gasteiger partial charge >= 0.3 is 0 Å². The van der Waals surface area contributed by atoms with Crippen LogP contribution in [-0.4, -0.2) is 28.5 Å². The predicted molar refractivity (Wildman–Crippen MR) is 58.6 cm³/mol. The minimum atomic E-state index is 0.187. The molecule has 0 bridgehead atoms. The summed E-state index contributed by atoms with van der Waals surface area (Å²) in [5.74, 6) is 0. The maximum absolute atomic E-state index is 8.69. The molecule has 0 amide bonds. The molecule has 0 unspecified atom stereocenters. The molecule has 0 atom stereocenters. The minimum Gasteiger partial charge on any atom is -0.395 e. The molecule has 2 rings (SSSR count). The number of nitrogens with zero attached hydrogens (tertiary/aromatic N) is 1. The molecule has 3 N–H and O–H groups in total. The van der Waals surface area contributed by atoms with Gasteiger partial charge in [-0.15, -0.1) is 0 Å². The second-order valence-electron chi connectivity index (χ2n) is 4.09. The van der Waals surface area contributed by atoms with Crippen LogP contribution in [0.2, 0.25) is 0 Å². The SMILES string of the molecule is OCCNCc1n[nH]c2c1CCCCC2. The lowest BCUT2D eigenvalue weighted by molar-refractivity contribution is 0.291. The van der Waals surface area contributed by atoms with E-state index in [0.717, 1.165) is 25.1 Å². The van der Waals surface area contributed by atoms with E-state index in [0.29, 0.717) is 6.54 Å². The molecule has 1 aromatic rings. The van der Waals surface area contributed by atoms with Crippen molar-refractivity contribution in [3.05, 3.63) is 17.0 Å². The topological polar surface area (TPSA) is 60.9 Å². The maximum Gasteiger partial charge on any atom is 0.0794 e. The number of rotatable bonds is 4. The Kier molecular flexibility index (Phi) is 3.75. The van der Waals surface area contributed by atoms with Gasteiger partial charge in [0.2, 0.25) is 0 Å². The molecule has 0 fully saturated rings. The first-order valence-corrected chi connectivity index (χ1v) is 5.78. The molecule has 0 spiro atoms. The summed E-state index contributed by atoms with van der Waals surface area (Å²) in [6, 6.07) is 0. The van der Waals surface area contributed by atoms with Gasteiger partial charge in [0.05, 0.1) is 12.3 Å². The fourth-order valence-corrected chi connectivity index (χ4v) is 2.16. The minimum absolute atomic E-state index is 0.187. The number of nitrogens with one attached hydrogen (secondary N) is 2. The van der Waals surface area contributed by atoms with Crippen LogP contribution in [0.25, 0.3) is 0 Å². The molecule has 15 heavy (non-hydrogen) atoms. The first kappa shape index (κ1) is 10.6. The number of aromatic nitrogens is 2. The summed E-state index contributed by atoms with van der Waals surface area (Å²) < 4.78 is 0. The summed E-state index contributed by atoms with van der Waals surface area (Å²) >= 11 is 0. The van der Waals surface area contributed by atoms with Crippen molar-refractivity contribution in [2.75, 3.05) is 13.2 Å². The van der Waals surface area contributed by atoms with Gasteiger partial charge in [0.1, 0.15) is 0 Å². The average Bonchev–Trinajstić information content (AvgIpc) is 2.50. The van der Waals surface area contributed by atoms with E-state index < -0.39 is 0 Å². The van der Waals surface area contributed by atoms with Crippen molar-refractivity contribution in [1.82, 2.24) is 15.5 Å². The molecule has 0 aliphatic heterocycles. The van der Waals surface area contributed by atoms with E-state index in [1.54, 1.807) is 0 Å². The Balaban J connectivity index is 2.01. The van der Waals surface area contributed by atoms with Gasteiger partial charge in [-0.25, -0.2) is 0 Å². The summed E-state index contributed by atoms with van der Waals surface area (Å²) in [6.07, 6.45) is 6.18. The van der Waals surface area contributed by atoms with E-state index in [9.17, 15) is 0 Å². The van der Waals surface area contributed by atoms with E-state index >= 15 is 0 Å². The number of hydrogen-bond acceptors (Lipinski definition) is 3. The van der Waals surface area contributed by atoms with E-state index in [1.165, 1.54) is 30.5 Å². The summed E-state index contributed by atoms with van der Waals surface area (Å²) in [5.41, 5.74) is 3.88. The molecule has 0 aromatic carbocycles. The zero-order chi connectivity index (χ0) is 10.5. The Morgan fingerprint density at radius 2 is 2.13 bits per heavy atom. The fraction of sp³-hybridized carbons (Fsp3) is 0.727. The van der Waals surface area contributed by atoms with Crippen molar-refractivity contribution in [3.8, 4) is 0 Å². The largest absolute Gasteiger partial charge is 0.395 e. The van der Waals surface area contributed by atoms with Crippen LogP contribution < -0.4 is 5.32 Å². The quantitative estimate of drug-likeness (QED) is 0.507. The zero-order valence-corrected chi connectivity index (χ0v) is 9.05. The lowest BCUT2D eigenvalue weighted by Crippen LogP contribution is -2.18. The van der Waals surface area contributed by atoms with Crippen molar-refractivity contribution in [1.29, 1.82) is 0 Å². The van der Waals surface area contributed by atoms with Crippen molar-refractivity contribution in [2.45, 2.75) is 38.6 Å². The van der Waals surface area contributed by atoms with Crippen LogP contribution in [-0.2, 0) is 19.4 Å². The Morgan fingerprint density at radius 1 is 1.27 bits per heavy atom. The zero-order valence-electron chi connectivity index (χ0n) is 9.05. The van der Waals surface area contributed by atoms with Crippen LogP contribution in [0.4, 0.5) is 0 Å². The van der Waals surface area contributed by atoms with Gasteiger partial charge in [0, 0.05) is 18.8 Å². The van der Waals surface area contributed by atoms with Gasteiger partial charge in [0.25, 0.3) is 0 Å². The highest BCUT2D eigenvalue weighted by molar-refractivity contribution is 5.26. The summed E-state index contributed by atoms with van der Waals surface area (Å²) in [5, 5.41) is 19.3. The lowest BCUT2D eigenvalue weighted by atomic mass is 10.1. The van der Waals surface area contributed by atoms with Gasteiger partial charge < -0.3 is 10.4 Å². The standard InChI is InChI=1S/C11H19N3O/c15-7-6-12-8-11-9-4-2-1-3-5-10(9)13-14-11/h12,15H,1-8H2,(H,13,14). The Hall–Kier alpha value is -0.870. The molecular formula is C11H19N3O. The third-order valence-corrected chi connectivity index (χ3v) is 2.97. The van der Waals surface area contributed by atoms with Gasteiger partial charge in [-0.1, -0.05) is 6.42 Å². The van der Waals surface area contributed by atoms with Crippen molar-refractivity contribution in [3.63, 3.8) is 0 Å². The highest BCUT2D eigenvalue weighted by atomic mass is 16.3. The molecular weight excluding hydrogens is 190 g/mol. The maximum atomic E-state index is 8.69. The summed E-state index contributed by atoms with van der Waals surface area (Å²) in [4.78, 5) is 0. The predicted octanol–water partition coefficient (Wildman–Crippen LogP) is 0.760. The van der Waals surface area contributed by atoms with Crippen LogP contribution in [0.3, 0.4) is 0 Å². The van der Waals surface area contributed by atoms with Gasteiger partial charge in [0.15, 0.2) is 0 Å². The second-order valence-corrected chi connectivity index (χ2v) is 4.09. The number of aliphatic hydroxyl groups is 1. The first-order chi connectivity index (χ1) is 7.42. The van der Waals surface area contributed by atoms with Crippen LogP contribution in [0.1, 0.15) is 36.2 Å². The van der Waals surface area contributed by atoms with Crippen molar-refractivity contribution < 1.29 is 5.11 Å². The van der Waals surface area contributed by atoms with Crippen LogP contribution >= 0.6 is 0 Å². The Morgan fingerprint density at radius 3 is 3.00 bits per heavy atom. The third-order valence-electron chi connectivity index (χ3n) is 2.97. The molecule has 1 aliphatic rings. The molecule has 4 heteroatoms. The number of aliphatic hydroxyl groups excluding tert-OH is 1. The summed E-state index contributed by atoms with van der Waals surface area (Å²) in [6.45, 7) is 1.60. The second kappa shape index (κ2) is 5.28. The van der Waals surface area contributed by atoms with E-state index in [2.05, 4.69) is 15.5 Å². The molecule has 0 radical (unpaired) electrons. The fourth-order valence-electron chi connectivity index (χ4n) is 2.16. The highest BCUT2D eigenvalue weighted by Gasteiger charge is 2.14. The number of H-pyrrole nitrogens is 1. The Labute approximate surface area is 90.1 Å². The number of aryl methyl sites for hydroxylation is 1. The highest BCUT2D eigenvalue weighted by Crippen LogP contribution is 2.21. The van der Waals surface area contributed by atoms with Gasteiger partial charge in [-0.3, -0.25) is 5.10 Å². The molecule has 84 valence electrons. The van der Waals surface area contributed by atoms with E-state index in [1.807, 2.05) is 0 Å². The lowest BCUT2D eigenvalue weighted by Gasteiger charge is -2.03. The van der Waals surface area contributed by atoms with E-state index in [4.69, 9.17) is 5.11 Å². The molecule has 0 saturated carbocycles. The molecule has 1 aliphatic carbocycles. The molecule has 1 aromatic heterocycles.